The molecule has 2 N–H and O–H groups in total. The molecule has 1 aromatic carbocycles. The average Bonchev–Trinajstić information content (AvgIpc) is 3.14. The molecule has 0 amide bonds. The molecule has 0 bridgehead atoms. The first-order valence-electron chi connectivity index (χ1n) is 6.83. The van der Waals surface area contributed by atoms with Gasteiger partial charge in [0.2, 0.25) is 0 Å². The van der Waals surface area contributed by atoms with Crippen molar-refractivity contribution in [3.05, 3.63) is 23.8 Å². The molecule has 3 heteroatoms. The lowest BCUT2D eigenvalue weighted by atomic mass is 9.64. The fourth-order valence-electron chi connectivity index (χ4n) is 2.67. The van der Waals surface area contributed by atoms with E-state index in [-0.39, 0.29) is 5.41 Å². The summed E-state index contributed by atoms with van der Waals surface area (Å²) in [5.74, 6) is 1.72. The second-order valence-corrected chi connectivity index (χ2v) is 5.52. The predicted octanol–water partition coefficient (Wildman–Crippen LogP) is 2.62. The minimum Gasteiger partial charge on any atom is -0.493 e. The van der Waals surface area contributed by atoms with Crippen molar-refractivity contribution in [1.29, 1.82) is 0 Å². The predicted molar refractivity (Wildman–Crippen MR) is 71.2 cm³/mol. The van der Waals surface area contributed by atoms with Gasteiger partial charge in [-0.25, -0.2) is 0 Å². The van der Waals surface area contributed by atoms with Gasteiger partial charge in [-0.15, -0.1) is 0 Å². The zero-order valence-electron chi connectivity index (χ0n) is 10.9. The third kappa shape index (κ3) is 1.97. The fourth-order valence-corrected chi connectivity index (χ4v) is 2.67. The summed E-state index contributed by atoms with van der Waals surface area (Å²) >= 11 is 0. The summed E-state index contributed by atoms with van der Waals surface area (Å²) in [6.45, 7) is 0.721. The number of benzene rings is 1. The Morgan fingerprint density at radius 1 is 1.28 bits per heavy atom. The van der Waals surface area contributed by atoms with E-state index in [0.717, 1.165) is 30.9 Å². The van der Waals surface area contributed by atoms with Crippen LogP contribution in [0.5, 0.6) is 11.5 Å². The Hall–Kier alpha value is -1.22. The van der Waals surface area contributed by atoms with E-state index < -0.39 is 0 Å². The number of methoxy groups -OCH3 is 1. The van der Waals surface area contributed by atoms with Gasteiger partial charge in [0.15, 0.2) is 11.5 Å². The average molecular weight is 247 g/mol. The smallest absolute Gasteiger partial charge is 0.161 e. The summed E-state index contributed by atoms with van der Waals surface area (Å²) in [7, 11) is 1.70. The highest BCUT2D eigenvalue weighted by molar-refractivity contribution is 5.46. The van der Waals surface area contributed by atoms with Crippen molar-refractivity contribution in [2.24, 2.45) is 5.73 Å². The van der Waals surface area contributed by atoms with Crippen LogP contribution in [-0.2, 0) is 5.41 Å². The van der Waals surface area contributed by atoms with E-state index in [9.17, 15) is 0 Å². The quantitative estimate of drug-likeness (QED) is 0.870. The molecule has 2 fully saturated rings. The van der Waals surface area contributed by atoms with Crippen molar-refractivity contribution in [3.63, 3.8) is 0 Å². The third-order valence-electron chi connectivity index (χ3n) is 4.30. The molecule has 0 saturated heterocycles. The number of rotatable bonds is 5. The van der Waals surface area contributed by atoms with E-state index in [1.807, 2.05) is 6.07 Å². The van der Waals surface area contributed by atoms with Crippen molar-refractivity contribution in [1.82, 2.24) is 0 Å². The number of hydrogen-bond donors (Lipinski definition) is 1. The monoisotopic (exact) mass is 247 g/mol. The van der Waals surface area contributed by atoms with Crippen LogP contribution in [0.25, 0.3) is 0 Å². The van der Waals surface area contributed by atoms with E-state index >= 15 is 0 Å². The Labute approximate surface area is 108 Å². The highest BCUT2D eigenvalue weighted by atomic mass is 16.5. The van der Waals surface area contributed by atoms with Gasteiger partial charge in [-0.2, -0.15) is 0 Å². The molecule has 0 aliphatic heterocycles. The van der Waals surface area contributed by atoms with Gasteiger partial charge in [-0.3, -0.25) is 0 Å². The van der Waals surface area contributed by atoms with E-state index in [1.54, 1.807) is 7.11 Å². The van der Waals surface area contributed by atoms with Crippen LogP contribution in [0.4, 0.5) is 0 Å². The lowest BCUT2D eigenvalue weighted by Crippen LogP contribution is -2.41. The van der Waals surface area contributed by atoms with Crippen molar-refractivity contribution in [3.8, 4) is 11.5 Å². The first-order chi connectivity index (χ1) is 8.77. The van der Waals surface area contributed by atoms with Crippen LogP contribution in [0, 0.1) is 0 Å². The van der Waals surface area contributed by atoms with E-state index in [2.05, 4.69) is 12.1 Å². The third-order valence-corrected chi connectivity index (χ3v) is 4.30. The first-order valence-corrected chi connectivity index (χ1v) is 6.83. The van der Waals surface area contributed by atoms with Crippen molar-refractivity contribution in [2.75, 3.05) is 13.7 Å². The minimum absolute atomic E-state index is 0.186. The molecule has 0 heterocycles. The van der Waals surface area contributed by atoms with Gasteiger partial charge in [0.1, 0.15) is 0 Å². The van der Waals surface area contributed by atoms with Crippen molar-refractivity contribution in [2.45, 2.75) is 43.6 Å². The number of hydrogen-bond acceptors (Lipinski definition) is 3. The van der Waals surface area contributed by atoms with Crippen molar-refractivity contribution >= 4 is 0 Å². The summed E-state index contributed by atoms with van der Waals surface area (Å²) in [6.07, 6.45) is 6.39. The van der Waals surface area contributed by atoms with Gasteiger partial charge in [0.05, 0.1) is 13.2 Å². The molecule has 0 unspecified atom stereocenters. The van der Waals surface area contributed by atoms with Crippen molar-refractivity contribution < 1.29 is 9.47 Å². The van der Waals surface area contributed by atoms with Gasteiger partial charge in [-0.05, 0) is 43.4 Å². The summed E-state index contributed by atoms with van der Waals surface area (Å²) < 4.78 is 11.3. The summed E-state index contributed by atoms with van der Waals surface area (Å²) in [6, 6.07) is 6.32. The Bertz CT molecular complexity index is 431. The molecule has 0 radical (unpaired) electrons. The molecule has 0 spiro atoms. The molecule has 18 heavy (non-hydrogen) atoms. The normalized spacial score (nSPS) is 21.2. The maximum atomic E-state index is 5.95. The molecular formula is C15H21NO2. The largest absolute Gasteiger partial charge is 0.493 e. The standard InChI is InChI=1S/C15H21NO2/c1-17-14-9-11(15(10-16)7-2-8-15)3-6-13(14)18-12-4-5-12/h3,6,9,12H,2,4-5,7-8,10,16H2,1H3. The van der Waals surface area contributed by atoms with Crippen LogP contribution >= 0.6 is 0 Å². The van der Waals surface area contributed by atoms with Gasteiger partial charge in [-0.1, -0.05) is 12.5 Å². The number of nitrogens with two attached hydrogens (primary N) is 1. The Balaban J connectivity index is 1.87. The molecule has 2 saturated carbocycles. The van der Waals surface area contributed by atoms with Gasteiger partial charge >= 0.3 is 0 Å². The zero-order chi connectivity index (χ0) is 12.6. The molecule has 2 aliphatic rings. The second-order valence-electron chi connectivity index (χ2n) is 5.52. The molecule has 0 atom stereocenters. The first kappa shape index (κ1) is 11.8. The molecule has 3 nitrogen and oxygen atoms in total. The van der Waals surface area contributed by atoms with Gasteiger partial charge < -0.3 is 15.2 Å². The van der Waals surface area contributed by atoms with E-state index in [1.165, 1.54) is 24.8 Å². The Morgan fingerprint density at radius 2 is 2.06 bits per heavy atom. The molecular weight excluding hydrogens is 226 g/mol. The molecule has 2 aliphatic carbocycles. The maximum Gasteiger partial charge on any atom is 0.161 e. The summed E-state index contributed by atoms with van der Waals surface area (Å²) in [5, 5.41) is 0. The topological polar surface area (TPSA) is 44.5 Å². The molecule has 98 valence electrons. The molecule has 3 rings (SSSR count). The lowest BCUT2D eigenvalue weighted by Gasteiger charge is -2.41. The van der Waals surface area contributed by atoms with Crippen LogP contribution in [0.1, 0.15) is 37.7 Å². The molecule has 0 aromatic heterocycles. The maximum absolute atomic E-state index is 5.95. The Morgan fingerprint density at radius 3 is 2.56 bits per heavy atom. The van der Waals surface area contributed by atoms with Crippen LogP contribution in [0.15, 0.2) is 18.2 Å². The fraction of sp³-hybridized carbons (Fsp3) is 0.600. The highest BCUT2D eigenvalue weighted by Gasteiger charge is 2.38. The SMILES string of the molecule is COc1cc(C2(CN)CCC2)ccc1OC1CC1. The summed E-state index contributed by atoms with van der Waals surface area (Å²) in [4.78, 5) is 0. The van der Waals surface area contributed by atoms with Crippen LogP contribution in [0.2, 0.25) is 0 Å². The van der Waals surface area contributed by atoms with Crippen LogP contribution < -0.4 is 15.2 Å². The number of ether oxygens (including phenoxy) is 2. The lowest BCUT2D eigenvalue weighted by molar-refractivity contribution is 0.249. The van der Waals surface area contributed by atoms with Crippen LogP contribution in [-0.4, -0.2) is 19.8 Å². The van der Waals surface area contributed by atoms with E-state index in [4.69, 9.17) is 15.2 Å². The Kier molecular flexibility index (Phi) is 2.94. The molecule has 1 aromatic rings. The zero-order valence-corrected chi connectivity index (χ0v) is 10.9. The summed E-state index contributed by atoms with van der Waals surface area (Å²) in [5.41, 5.74) is 7.44. The van der Waals surface area contributed by atoms with Gasteiger partial charge in [0, 0.05) is 12.0 Å². The van der Waals surface area contributed by atoms with Gasteiger partial charge in [0.25, 0.3) is 0 Å². The van der Waals surface area contributed by atoms with Crippen LogP contribution in [0.3, 0.4) is 0 Å². The second kappa shape index (κ2) is 4.47. The van der Waals surface area contributed by atoms with E-state index in [0.29, 0.717) is 6.10 Å². The highest BCUT2D eigenvalue weighted by Crippen LogP contribution is 2.45. The minimum atomic E-state index is 0.186.